The SMILES string of the molecule is N#CC1CCCCN1C(=O)c1ccc(F)cc1F. The van der Waals surface area contributed by atoms with E-state index in [1.54, 1.807) is 0 Å². The number of hydrogen-bond acceptors (Lipinski definition) is 2. The Balaban J connectivity index is 2.27. The molecule has 18 heavy (non-hydrogen) atoms. The van der Waals surface area contributed by atoms with Crippen molar-refractivity contribution >= 4 is 5.91 Å². The Morgan fingerprint density at radius 3 is 2.83 bits per heavy atom. The third-order valence-electron chi connectivity index (χ3n) is 3.07. The molecule has 1 unspecified atom stereocenters. The molecule has 0 saturated carbocycles. The minimum atomic E-state index is -0.887. The largest absolute Gasteiger partial charge is 0.323 e. The van der Waals surface area contributed by atoms with Crippen molar-refractivity contribution in [3.63, 3.8) is 0 Å². The van der Waals surface area contributed by atoms with Crippen molar-refractivity contribution in [3.8, 4) is 6.07 Å². The summed E-state index contributed by atoms with van der Waals surface area (Å²) in [7, 11) is 0. The van der Waals surface area contributed by atoms with Gasteiger partial charge in [-0.2, -0.15) is 5.26 Å². The first-order chi connectivity index (χ1) is 8.63. The number of likely N-dealkylation sites (tertiary alicyclic amines) is 1. The summed E-state index contributed by atoms with van der Waals surface area (Å²) in [5.74, 6) is -2.15. The van der Waals surface area contributed by atoms with E-state index in [1.165, 1.54) is 4.90 Å². The minimum Gasteiger partial charge on any atom is -0.323 e. The molecule has 0 spiro atoms. The lowest BCUT2D eigenvalue weighted by atomic mass is 10.0. The van der Waals surface area contributed by atoms with Crippen molar-refractivity contribution in [2.75, 3.05) is 6.54 Å². The van der Waals surface area contributed by atoms with Gasteiger partial charge in [-0.25, -0.2) is 8.78 Å². The van der Waals surface area contributed by atoms with Crippen LogP contribution in [0.15, 0.2) is 18.2 Å². The lowest BCUT2D eigenvalue weighted by molar-refractivity contribution is 0.0665. The fraction of sp³-hybridized carbons (Fsp3) is 0.385. The zero-order chi connectivity index (χ0) is 13.1. The second kappa shape index (κ2) is 5.13. The lowest BCUT2D eigenvalue weighted by Gasteiger charge is -2.31. The minimum absolute atomic E-state index is 0.182. The fourth-order valence-corrected chi connectivity index (χ4v) is 2.13. The van der Waals surface area contributed by atoms with Crippen LogP contribution < -0.4 is 0 Å². The highest BCUT2D eigenvalue weighted by molar-refractivity contribution is 5.95. The van der Waals surface area contributed by atoms with Crippen LogP contribution in [-0.2, 0) is 0 Å². The molecule has 1 aliphatic heterocycles. The maximum Gasteiger partial charge on any atom is 0.257 e. The average molecular weight is 250 g/mol. The number of halogens is 2. The zero-order valence-corrected chi connectivity index (χ0v) is 9.70. The van der Waals surface area contributed by atoms with Crippen LogP contribution in [0.3, 0.4) is 0 Å². The number of rotatable bonds is 1. The van der Waals surface area contributed by atoms with Crippen LogP contribution in [0.25, 0.3) is 0 Å². The van der Waals surface area contributed by atoms with E-state index in [-0.39, 0.29) is 5.56 Å². The van der Waals surface area contributed by atoms with E-state index in [9.17, 15) is 13.6 Å². The molecule has 1 aliphatic rings. The summed E-state index contributed by atoms with van der Waals surface area (Å²) in [6.07, 6.45) is 2.28. The Labute approximate surface area is 104 Å². The summed E-state index contributed by atoms with van der Waals surface area (Å²) in [6, 6.07) is 4.37. The molecule has 1 heterocycles. The predicted molar refractivity (Wildman–Crippen MR) is 60.6 cm³/mol. The summed E-state index contributed by atoms with van der Waals surface area (Å²) in [4.78, 5) is 13.5. The van der Waals surface area contributed by atoms with Crippen LogP contribution >= 0.6 is 0 Å². The van der Waals surface area contributed by atoms with Crippen LogP contribution in [0, 0.1) is 23.0 Å². The first-order valence-corrected chi connectivity index (χ1v) is 5.79. The second-order valence-corrected chi connectivity index (χ2v) is 4.26. The topological polar surface area (TPSA) is 44.1 Å². The first kappa shape index (κ1) is 12.5. The van der Waals surface area contributed by atoms with Gasteiger partial charge < -0.3 is 4.90 Å². The van der Waals surface area contributed by atoms with Crippen LogP contribution in [-0.4, -0.2) is 23.4 Å². The standard InChI is InChI=1S/C13H12F2N2O/c14-9-4-5-11(12(15)7-9)13(18)17-6-2-1-3-10(17)8-16/h4-5,7,10H,1-3,6H2. The summed E-state index contributed by atoms with van der Waals surface area (Å²) in [6.45, 7) is 0.438. The number of carbonyl (C=O) groups is 1. The molecule has 94 valence electrons. The van der Waals surface area contributed by atoms with E-state index in [1.807, 2.05) is 6.07 Å². The van der Waals surface area contributed by atoms with Gasteiger partial charge >= 0.3 is 0 Å². The van der Waals surface area contributed by atoms with E-state index in [2.05, 4.69) is 0 Å². The molecule has 0 aromatic heterocycles. The van der Waals surface area contributed by atoms with Gasteiger partial charge in [-0.1, -0.05) is 0 Å². The fourth-order valence-electron chi connectivity index (χ4n) is 2.13. The molecule has 2 rings (SSSR count). The Morgan fingerprint density at radius 1 is 1.39 bits per heavy atom. The molecule has 1 aromatic rings. The Morgan fingerprint density at radius 2 is 2.17 bits per heavy atom. The number of carbonyl (C=O) groups excluding carboxylic acids is 1. The molecular formula is C13H12F2N2O. The molecule has 1 aromatic carbocycles. The number of amides is 1. The molecule has 5 heteroatoms. The van der Waals surface area contributed by atoms with Crippen molar-refractivity contribution in [2.45, 2.75) is 25.3 Å². The van der Waals surface area contributed by atoms with E-state index in [0.29, 0.717) is 19.0 Å². The third-order valence-corrected chi connectivity index (χ3v) is 3.07. The van der Waals surface area contributed by atoms with Gasteiger partial charge in [0.15, 0.2) is 0 Å². The van der Waals surface area contributed by atoms with Gasteiger partial charge in [-0.3, -0.25) is 4.79 Å². The number of benzene rings is 1. The van der Waals surface area contributed by atoms with Crippen molar-refractivity contribution in [1.82, 2.24) is 4.90 Å². The highest BCUT2D eigenvalue weighted by Gasteiger charge is 2.28. The quantitative estimate of drug-likeness (QED) is 0.768. The highest BCUT2D eigenvalue weighted by atomic mass is 19.1. The van der Waals surface area contributed by atoms with E-state index in [0.717, 1.165) is 25.0 Å². The van der Waals surface area contributed by atoms with Gasteiger partial charge in [0.2, 0.25) is 0 Å². The summed E-state index contributed by atoms with van der Waals surface area (Å²) in [5, 5.41) is 8.97. The van der Waals surface area contributed by atoms with Crippen molar-refractivity contribution in [3.05, 3.63) is 35.4 Å². The van der Waals surface area contributed by atoms with Crippen LogP contribution in [0.2, 0.25) is 0 Å². The number of piperidine rings is 1. The van der Waals surface area contributed by atoms with Crippen LogP contribution in [0.1, 0.15) is 29.6 Å². The number of hydrogen-bond donors (Lipinski definition) is 0. The molecule has 0 bridgehead atoms. The monoisotopic (exact) mass is 250 g/mol. The molecule has 0 aliphatic carbocycles. The molecule has 3 nitrogen and oxygen atoms in total. The summed E-state index contributed by atoms with van der Waals surface area (Å²) < 4.78 is 26.3. The van der Waals surface area contributed by atoms with Gasteiger partial charge in [0.25, 0.3) is 5.91 Å². The third kappa shape index (κ3) is 2.33. The van der Waals surface area contributed by atoms with E-state index >= 15 is 0 Å². The highest BCUT2D eigenvalue weighted by Crippen LogP contribution is 2.20. The van der Waals surface area contributed by atoms with Gasteiger partial charge in [-0.15, -0.1) is 0 Å². The molecular weight excluding hydrogens is 238 g/mol. The second-order valence-electron chi connectivity index (χ2n) is 4.26. The van der Waals surface area contributed by atoms with Gasteiger partial charge in [0.05, 0.1) is 11.6 Å². The average Bonchev–Trinajstić information content (AvgIpc) is 2.38. The lowest BCUT2D eigenvalue weighted by Crippen LogP contribution is -2.43. The molecule has 1 fully saturated rings. The van der Waals surface area contributed by atoms with E-state index in [4.69, 9.17) is 5.26 Å². The van der Waals surface area contributed by atoms with Gasteiger partial charge in [0, 0.05) is 12.6 Å². The van der Waals surface area contributed by atoms with Gasteiger partial charge in [0.1, 0.15) is 17.7 Å². The van der Waals surface area contributed by atoms with Crippen molar-refractivity contribution in [1.29, 1.82) is 5.26 Å². The smallest absolute Gasteiger partial charge is 0.257 e. The zero-order valence-electron chi connectivity index (χ0n) is 9.70. The van der Waals surface area contributed by atoms with Crippen molar-refractivity contribution < 1.29 is 13.6 Å². The maximum atomic E-state index is 13.5. The molecule has 1 saturated heterocycles. The van der Waals surface area contributed by atoms with Crippen LogP contribution in [0.4, 0.5) is 8.78 Å². The van der Waals surface area contributed by atoms with E-state index < -0.39 is 23.6 Å². The van der Waals surface area contributed by atoms with Crippen LogP contribution in [0.5, 0.6) is 0 Å². The summed E-state index contributed by atoms with van der Waals surface area (Å²) >= 11 is 0. The Bertz CT molecular complexity index is 510. The maximum absolute atomic E-state index is 13.5. The Hall–Kier alpha value is -1.96. The van der Waals surface area contributed by atoms with Crippen molar-refractivity contribution in [2.24, 2.45) is 0 Å². The predicted octanol–water partition coefficient (Wildman–Crippen LogP) is 2.48. The molecule has 0 radical (unpaired) electrons. The Kier molecular flexibility index (Phi) is 3.56. The normalized spacial score (nSPS) is 19.4. The van der Waals surface area contributed by atoms with Gasteiger partial charge in [-0.05, 0) is 31.4 Å². The molecule has 1 atom stereocenters. The number of nitriles is 1. The number of nitrogens with zero attached hydrogens (tertiary/aromatic N) is 2. The molecule has 1 amide bonds. The summed E-state index contributed by atoms with van der Waals surface area (Å²) in [5.41, 5.74) is -0.182. The first-order valence-electron chi connectivity index (χ1n) is 5.79. The molecule has 0 N–H and O–H groups in total.